The lowest BCUT2D eigenvalue weighted by molar-refractivity contribution is 0.0232. The van der Waals surface area contributed by atoms with Gasteiger partial charge in [0.25, 0.3) is 5.91 Å². The van der Waals surface area contributed by atoms with Crippen LogP contribution in [0, 0.1) is 0 Å². The second-order valence-electron chi connectivity index (χ2n) is 7.16. The molecule has 2 rings (SSSR count). The van der Waals surface area contributed by atoms with Crippen molar-refractivity contribution in [1.82, 2.24) is 25.2 Å². The molecule has 28 heavy (non-hydrogen) atoms. The summed E-state index contributed by atoms with van der Waals surface area (Å²) in [5, 5.41) is 2.73. The first-order valence-corrected chi connectivity index (χ1v) is 8.98. The third-order valence-electron chi connectivity index (χ3n) is 3.58. The van der Waals surface area contributed by atoms with E-state index in [4.69, 9.17) is 10.5 Å². The minimum Gasteiger partial charge on any atom is -0.444 e. The van der Waals surface area contributed by atoms with Gasteiger partial charge in [-0.15, -0.1) is 0 Å². The number of nitrogens with one attached hydrogen (secondary N) is 1. The molecule has 3 N–H and O–H groups in total. The Hall–Kier alpha value is -3.23. The zero-order chi connectivity index (χ0) is 20.6. The van der Waals surface area contributed by atoms with Crippen molar-refractivity contribution in [3.8, 4) is 0 Å². The molecule has 0 aliphatic rings. The Morgan fingerprint density at radius 2 is 1.96 bits per heavy atom. The van der Waals surface area contributed by atoms with Gasteiger partial charge in [0.2, 0.25) is 0 Å². The number of amides is 2. The van der Waals surface area contributed by atoms with E-state index in [9.17, 15) is 9.59 Å². The number of hydrogen-bond donors (Lipinski definition) is 2. The molecular formula is C19H26N6O3. The highest BCUT2D eigenvalue weighted by Gasteiger charge is 2.22. The molecule has 0 radical (unpaired) electrons. The van der Waals surface area contributed by atoms with Crippen LogP contribution in [-0.2, 0) is 11.3 Å². The molecule has 9 nitrogen and oxygen atoms in total. The summed E-state index contributed by atoms with van der Waals surface area (Å²) < 4.78 is 5.48. The second kappa shape index (κ2) is 9.63. The summed E-state index contributed by atoms with van der Waals surface area (Å²) in [5.41, 5.74) is 6.03. The zero-order valence-electron chi connectivity index (χ0n) is 16.4. The number of nitrogen functional groups attached to an aromatic ring is 1. The van der Waals surface area contributed by atoms with E-state index >= 15 is 0 Å². The van der Waals surface area contributed by atoms with Crippen LogP contribution in [-0.4, -0.2) is 50.5 Å². The molecule has 0 saturated heterocycles. The number of nitrogens with zero attached hydrogens (tertiary/aromatic N) is 4. The molecule has 0 atom stereocenters. The van der Waals surface area contributed by atoms with Gasteiger partial charge in [0.1, 0.15) is 5.60 Å². The number of aromatic nitrogens is 3. The Morgan fingerprint density at radius 3 is 2.61 bits per heavy atom. The van der Waals surface area contributed by atoms with Crippen LogP contribution in [0.2, 0.25) is 0 Å². The van der Waals surface area contributed by atoms with Crippen LogP contribution >= 0.6 is 0 Å². The van der Waals surface area contributed by atoms with Crippen molar-refractivity contribution in [2.75, 3.05) is 18.8 Å². The highest BCUT2D eigenvalue weighted by Crippen LogP contribution is 2.13. The monoisotopic (exact) mass is 386 g/mol. The molecule has 0 saturated carbocycles. The smallest absolute Gasteiger partial charge is 0.410 e. The average molecular weight is 386 g/mol. The molecule has 2 aromatic rings. The molecule has 0 bridgehead atoms. The van der Waals surface area contributed by atoms with Gasteiger partial charge < -0.3 is 20.7 Å². The SMILES string of the molecule is CC(C)(C)OC(=O)N(CCCNC(=O)c1nccnc1N)Cc1cccnc1. The van der Waals surface area contributed by atoms with Crippen molar-refractivity contribution in [1.29, 1.82) is 0 Å². The molecule has 0 spiro atoms. The van der Waals surface area contributed by atoms with Gasteiger partial charge in [0.15, 0.2) is 11.5 Å². The number of anilines is 1. The third kappa shape index (κ3) is 6.82. The van der Waals surface area contributed by atoms with E-state index in [1.807, 2.05) is 32.9 Å². The topological polar surface area (TPSA) is 123 Å². The fraction of sp³-hybridized carbons (Fsp3) is 0.421. The van der Waals surface area contributed by atoms with Gasteiger partial charge in [-0.05, 0) is 38.8 Å². The van der Waals surface area contributed by atoms with Crippen LogP contribution < -0.4 is 11.1 Å². The molecule has 9 heteroatoms. The normalized spacial score (nSPS) is 11.0. The first-order valence-electron chi connectivity index (χ1n) is 8.98. The summed E-state index contributed by atoms with van der Waals surface area (Å²) in [5.74, 6) is -0.325. The average Bonchev–Trinajstić information content (AvgIpc) is 2.63. The van der Waals surface area contributed by atoms with E-state index in [2.05, 4.69) is 20.3 Å². The first kappa shape index (κ1) is 21.1. The summed E-state index contributed by atoms with van der Waals surface area (Å²) >= 11 is 0. The van der Waals surface area contributed by atoms with Gasteiger partial charge in [-0.2, -0.15) is 0 Å². The highest BCUT2D eigenvalue weighted by atomic mass is 16.6. The number of rotatable bonds is 7. The molecule has 0 aromatic carbocycles. The van der Waals surface area contributed by atoms with Crippen molar-refractivity contribution in [3.05, 3.63) is 48.2 Å². The van der Waals surface area contributed by atoms with Gasteiger partial charge >= 0.3 is 6.09 Å². The number of ether oxygens (including phenoxy) is 1. The van der Waals surface area contributed by atoms with Crippen molar-refractivity contribution < 1.29 is 14.3 Å². The summed E-state index contributed by atoms with van der Waals surface area (Å²) in [6, 6.07) is 3.71. The Labute approximate surface area is 164 Å². The Morgan fingerprint density at radius 1 is 1.21 bits per heavy atom. The molecule has 2 heterocycles. The first-order chi connectivity index (χ1) is 13.3. The zero-order valence-corrected chi connectivity index (χ0v) is 16.4. The fourth-order valence-corrected chi connectivity index (χ4v) is 2.35. The fourth-order valence-electron chi connectivity index (χ4n) is 2.35. The third-order valence-corrected chi connectivity index (χ3v) is 3.58. The van der Waals surface area contributed by atoms with E-state index in [0.29, 0.717) is 26.1 Å². The molecule has 2 amide bonds. The summed E-state index contributed by atoms with van der Waals surface area (Å²) in [4.78, 5) is 38.1. The Kier molecular flexibility index (Phi) is 7.25. The maximum absolute atomic E-state index is 12.5. The highest BCUT2D eigenvalue weighted by molar-refractivity contribution is 5.96. The van der Waals surface area contributed by atoms with Crippen molar-refractivity contribution in [3.63, 3.8) is 0 Å². The van der Waals surface area contributed by atoms with Crippen LogP contribution in [0.15, 0.2) is 36.9 Å². The van der Waals surface area contributed by atoms with E-state index in [0.717, 1.165) is 5.56 Å². The van der Waals surface area contributed by atoms with Crippen molar-refractivity contribution in [2.45, 2.75) is 39.3 Å². The van der Waals surface area contributed by atoms with E-state index in [1.165, 1.54) is 12.4 Å². The largest absolute Gasteiger partial charge is 0.444 e. The Bertz CT molecular complexity index is 792. The summed E-state index contributed by atoms with van der Waals surface area (Å²) in [7, 11) is 0. The van der Waals surface area contributed by atoms with E-state index in [-0.39, 0.29) is 11.5 Å². The number of nitrogens with two attached hydrogens (primary N) is 1. The lowest BCUT2D eigenvalue weighted by Gasteiger charge is -2.27. The van der Waals surface area contributed by atoms with Gasteiger partial charge in [0, 0.05) is 37.9 Å². The minimum atomic E-state index is -0.595. The van der Waals surface area contributed by atoms with Crippen LogP contribution in [0.3, 0.4) is 0 Å². The van der Waals surface area contributed by atoms with Crippen LogP contribution in [0.25, 0.3) is 0 Å². The molecule has 0 fully saturated rings. The maximum Gasteiger partial charge on any atom is 0.410 e. The number of carbonyl (C=O) groups excluding carboxylic acids is 2. The van der Waals surface area contributed by atoms with Crippen LogP contribution in [0.1, 0.15) is 43.2 Å². The summed E-state index contributed by atoms with van der Waals surface area (Å²) in [6.45, 7) is 6.57. The Balaban J connectivity index is 1.91. The van der Waals surface area contributed by atoms with Crippen molar-refractivity contribution in [2.24, 2.45) is 0 Å². The second-order valence-corrected chi connectivity index (χ2v) is 7.16. The molecular weight excluding hydrogens is 360 g/mol. The predicted molar refractivity (Wildman–Crippen MR) is 104 cm³/mol. The van der Waals surface area contributed by atoms with Gasteiger partial charge in [-0.1, -0.05) is 6.07 Å². The maximum atomic E-state index is 12.5. The minimum absolute atomic E-state index is 0.0759. The van der Waals surface area contributed by atoms with Gasteiger partial charge in [-0.3, -0.25) is 9.78 Å². The van der Waals surface area contributed by atoms with E-state index < -0.39 is 17.6 Å². The van der Waals surface area contributed by atoms with Crippen molar-refractivity contribution >= 4 is 17.8 Å². The lowest BCUT2D eigenvalue weighted by atomic mass is 10.2. The van der Waals surface area contributed by atoms with Crippen LogP contribution in [0.4, 0.5) is 10.6 Å². The number of carbonyl (C=O) groups is 2. The number of pyridine rings is 1. The molecule has 0 aliphatic heterocycles. The van der Waals surface area contributed by atoms with E-state index in [1.54, 1.807) is 17.3 Å². The molecule has 150 valence electrons. The van der Waals surface area contributed by atoms with Crippen LogP contribution in [0.5, 0.6) is 0 Å². The molecule has 0 unspecified atom stereocenters. The summed E-state index contributed by atoms with van der Waals surface area (Å²) in [6.07, 6.45) is 6.32. The van der Waals surface area contributed by atoms with Gasteiger partial charge in [0.05, 0.1) is 6.54 Å². The molecule has 0 aliphatic carbocycles. The standard InChI is InChI=1S/C19H26N6O3/c1-19(2,3)28-18(27)25(13-14-6-4-7-21-12-14)11-5-8-24-17(26)15-16(20)23-10-9-22-15/h4,6-7,9-10,12H,5,8,11,13H2,1-3H3,(H2,20,23)(H,24,26). The van der Waals surface area contributed by atoms with Gasteiger partial charge in [-0.25, -0.2) is 14.8 Å². The molecule has 2 aromatic heterocycles. The quantitative estimate of drug-likeness (QED) is 0.698. The lowest BCUT2D eigenvalue weighted by Crippen LogP contribution is -2.38. The predicted octanol–water partition coefficient (Wildman–Crippen LogP) is 2.01. The number of hydrogen-bond acceptors (Lipinski definition) is 7.